The summed E-state index contributed by atoms with van der Waals surface area (Å²) in [5.41, 5.74) is 1.79. The maximum absolute atomic E-state index is 12.0. The van der Waals surface area contributed by atoms with Gasteiger partial charge >= 0.3 is 0 Å². The number of carbonyl (C=O) groups is 1. The van der Waals surface area contributed by atoms with Crippen LogP contribution < -0.4 is 10.2 Å². The van der Waals surface area contributed by atoms with E-state index in [1.54, 1.807) is 0 Å². The monoisotopic (exact) mass is 302 g/mol. The number of aryl methyl sites for hydroxylation is 1. The third-order valence-corrected chi connectivity index (χ3v) is 4.33. The molecular weight excluding hydrogens is 284 g/mol. The van der Waals surface area contributed by atoms with E-state index in [1.165, 1.54) is 24.2 Å². The van der Waals surface area contributed by atoms with Gasteiger partial charge in [0.05, 0.1) is 17.1 Å². The molecule has 0 aromatic carbocycles. The quantitative estimate of drug-likeness (QED) is 0.942. The first-order valence-electron chi connectivity index (χ1n) is 7.13. The molecule has 6 heteroatoms. The van der Waals surface area contributed by atoms with Crippen LogP contribution in [0.3, 0.4) is 0 Å². The van der Waals surface area contributed by atoms with E-state index in [-0.39, 0.29) is 5.91 Å². The smallest absolute Gasteiger partial charge is 0.261 e. The van der Waals surface area contributed by atoms with Crippen LogP contribution in [0.1, 0.15) is 33.9 Å². The summed E-state index contributed by atoms with van der Waals surface area (Å²) < 4.78 is 0. The Labute approximate surface area is 128 Å². The van der Waals surface area contributed by atoms with Crippen LogP contribution in [0, 0.1) is 6.92 Å². The van der Waals surface area contributed by atoms with Crippen LogP contribution in [-0.4, -0.2) is 29.0 Å². The molecule has 1 aliphatic rings. The largest absolute Gasteiger partial charge is 0.346 e. The highest BCUT2D eigenvalue weighted by Crippen LogP contribution is 2.16. The van der Waals surface area contributed by atoms with Gasteiger partial charge in [0.25, 0.3) is 5.91 Å². The minimum atomic E-state index is -0.0519. The molecule has 1 aliphatic heterocycles. The topological polar surface area (TPSA) is 58.1 Å². The molecule has 21 heavy (non-hydrogen) atoms. The first kappa shape index (κ1) is 14.0. The Morgan fingerprint density at radius 3 is 2.90 bits per heavy atom. The van der Waals surface area contributed by atoms with Crippen LogP contribution in [0.15, 0.2) is 23.6 Å². The summed E-state index contributed by atoms with van der Waals surface area (Å²) in [5.74, 6) is 0.733. The Balaban J connectivity index is 1.69. The van der Waals surface area contributed by atoms with Crippen molar-refractivity contribution in [3.05, 3.63) is 39.8 Å². The van der Waals surface area contributed by atoms with E-state index in [9.17, 15) is 4.79 Å². The van der Waals surface area contributed by atoms with Crippen LogP contribution in [0.25, 0.3) is 0 Å². The minimum Gasteiger partial charge on any atom is -0.346 e. The number of carbonyl (C=O) groups excluding carboxylic acids is 1. The average Bonchev–Trinajstić information content (AvgIpc) is 3.16. The Bertz CT molecular complexity index is 621. The van der Waals surface area contributed by atoms with Gasteiger partial charge in [-0.3, -0.25) is 4.79 Å². The zero-order valence-corrected chi connectivity index (χ0v) is 12.8. The number of thiophene rings is 1. The first-order chi connectivity index (χ1) is 10.2. The molecule has 1 amide bonds. The van der Waals surface area contributed by atoms with Crippen LogP contribution in [0.5, 0.6) is 0 Å². The number of aromatic nitrogens is 2. The summed E-state index contributed by atoms with van der Waals surface area (Å²) in [5, 5.41) is 4.81. The number of nitrogens with zero attached hydrogens (tertiary/aromatic N) is 3. The van der Waals surface area contributed by atoms with Gasteiger partial charge in [-0.05, 0) is 37.3 Å². The zero-order chi connectivity index (χ0) is 14.7. The van der Waals surface area contributed by atoms with Gasteiger partial charge < -0.3 is 10.2 Å². The lowest BCUT2D eigenvalue weighted by Crippen LogP contribution is -2.25. The lowest BCUT2D eigenvalue weighted by molar-refractivity contribution is 0.0954. The zero-order valence-electron chi connectivity index (χ0n) is 12.0. The molecule has 110 valence electrons. The van der Waals surface area contributed by atoms with Crippen molar-refractivity contribution in [2.45, 2.75) is 26.3 Å². The van der Waals surface area contributed by atoms with Gasteiger partial charge in [-0.2, -0.15) is 0 Å². The van der Waals surface area contributed by atoms with E-state index in [2.05, 4.69) is 20.2 Å². The predicted molar refractivity (Wildman–Crippen MR) is 83.7 cm³/mol. The molecule has 5 nitrogen and oxygen atoms in total. The normalized spacial score (nSPS) is 14.4. The fraction of sp³-hybridized carbons (Fsp3) is 0.400. The summed E-state index contributed by atoms with van der Waals surface area (Å²) in [6.07, 6.45) is 2.39. The summed E-state index contributed by atoms with van der Waals surface area (Å²) in [6, 6.07) is 5.62. The van der Waals surface area contributed by atoms with Crippen molar-refractivity contribution in [2.24, 2.45) is 0 Å². The molecular formula is C15H18N4OS. The molecule has 0 spiro atoms. The number of hydrogen-bond acceptors (Lipinski definition) is 5. The summed E-state index contributed by atoms with van der Waals surface area (Å²) in [4.78, 5) is 23.9. The van der Waals surface area contributed by atoms with Crippen molar-refractivity contribution < 1.29 is 4.79 Å². The van der Waals surface area contributed by atoms with Gasteiger partial charge in [-0.1, -0.05) is 6.07 Å². The number of nitrogens with one attached hydrogen (secondary N) is 1. The number of hydrogen-bond donors (Lipinski definition) is 1. The average molecular weight is 302 g/mol. The maximum atomic E-state index is 12.0. The first-order valence-corrected chi connectivity index (χ1v) is 8.01. The molecule has 1 N–H and O–H groups in total. The SMILES string of the molecule is Cc1cc(CNC(=O)c2cccs2)nc(N2CCCC2)n1. The van der Waals surface area contributed by atoms with Crippen molar-refractivity contribution in [3.8, 4) is 0 Å². The van der Waals surface area contributed by atoms with Crippen LogP contribution >= 0.6 is 11.3 Å². The fourth-order valence-electron chi connectivity index (χ4n) is 2.43. The fourth-order valence-corrected chi connectivity index (χ4v) is 3.07. The van der Waals surface area contributed by atoms with E-state index >= 15 is 0 Å². The number of rotatable bonds is 4. The number of amides is 1. The van der Waals surface area contributed by atoms with Crippen LogP contribution in [-0.2, 0) is 6.54 Å². The van der Waals surface area contributed by atoms with Gasteiger partial charge in [0.2, 0.25) is 5.95 Å². The molecule has 0 atom stereocenters. The Kier molecular flexibility index (Phi) is 4.15. The van der Waals surface area contributed by atoms with Gasteiger partial charge in [0, 0.05) is 18.8 Å². The molecule has 0 aliphatic carbocycles. The molecule has 2 aromatic heterocycles. The summed E-state index contributed by atoms with van der Waals surface area (Å²) in [6.45, 7) is 4.43. The van der Waals surface area contributed by atoms with E-state index < -0.39 is 0 Å². The Morgan fingerprint density at radius 2 is 2.19 bits per heavy atom. The molecule has 1 saturated heterocycles. The van der Waals surface area contributed by atoms with E-state index in [1.807, 2.05) is 30.5 Å². The van der Waals surface area contributed by atoms with Gasteiger partial charge in [-0.25, -0.2) is 9.97 Å². The van der Waals surface area contributed by atoms with E-state index in [0.29, 0.717) is 6.54 Å². The Hall–Kier alpha value is -1.95. The van der Waals surface area contributed by atoms with Crippen molar-refractivity contribution in [1.29, 1.82) is 0 Å². The second-order valence-corrected chi connectivity index (χ2v) is 6.10. The second-order valence-electron chi connectivity index (χ2n) is 5.15. The highest BCUT2D eigenvalue weighted by molar-refractivity contribution is 7.12. The molecule has 0 unspecified atom stereocenters. The molecule has 3 rings (SSSR count). The molecule has 0 radical (unpaired) electrons. The van der Waals surface area contributed by atoms with Crippen molar-refractivity contribution in [1.82, 2.24) is 15.3 Å². The van der Waals surface area contributed by atoms with E-state index in [0.717, 1.165) is 35.3 Å². The molecule has 3 heterocycles. The van der Waals surface area contributed by atoms with Gasteiger partial charge in [-0.15, -0.1) is 11.3 Å². The highest BCUT2D eigenvalue weighted by atomic mass is 32.1. The highest BCUT2D eigenvalue weighted by Gasteiger charge is 2.16. The van der Waals surface area contributed by atoms with E-state index in [4.69, 9.17) is 0 Å². The van der Waals surface area contributed by atoms with Gasteiger partial charge in [0.15, 0.2) is 0 Å². The maximum Gasteiger partial charge on any atom is 0.261 e. The standard InChI is InChI=1S/C15H18N4OS/c1-11-9-12(10-16-14(20)13-5-4-8-21-13)18-15(17-11)19-6-2-3-7-19/h4-5,8-9H,2-3,6-7,10H2,1H3,(H,16,20). The Morgan fingerprint density at radius 1 is 1.38 bits per heavy atom. The van der Waals surface area contributed by atoms with Crippen molar-refractivity contribution in [3.63, 3.8) is 0 Å². The molecule has 2 aromatic rings. The lowest BCUT2D eigenvalue weighted by Gasteiger charge is -2.16. The molecule has 0 bridgehead atoms. The van der Waals surface area contributed by atoms with Crippen molar-refractivity contribution in [2.75, 3.05) is 18.0 Å². The second kappa shape index (κ2) is 6.22. The third kappa shape index (κ3) is 3.39. The van der Waals surface area contributed by atoms with Crippen LogP contribution in [0.2, 0.25) is 0 Å². The summed E-state index contributed by atoms with van der Waals surface area (Å²) >= 11 is 1.44. The lowest BCUT2D eigenvalue weighted by atomic mass is 10.3. The molecule has 1 fully saturated rings. The number of anilines is 1. The predicted octanol–water partition coefficient (Wildman–Crippen LogP) is 2.38. The van der Waals surface area contributed by atoms with Gasteiger partial charge in [0.1, 0.15) is 0 Å². The summed E-state index contributed by atoms with van der Waals surface area (Å²) in [7, 11) is 0. The molecule has 0 saturated carbocycles. The van der Waals surface area contributed by atoms with Crippen LogP contribution in [0.4, 0.5) is 5.95 Å². The van der Waals surface area contributed by atoms with Crippen molar-refractivity contribution >= 4 is 23.2 Å². The third-order valence-electron chi connectivity index (χ3n) is 3.46. The minimum absolute atomic E-state index is 0.0519.